The summed E-state index contributed by atoms with van der Waals surface area (Å²) in [6.07, 6.45) is 8.29. The molecule has 90 valence electrons. The van der Waals surface area contributed by atoms with Gasteiger partial charge in [0, 0.05) is 13.2 Å². The minimum atomic E-state index is 0.312. The van der Waals surface area contributed by atoms with Gasteiger partial charge in [-0.25, -0.2) is 0 Å². The van der Waals surface area contributed by atoms with Gasteiger partial charge in [-0.15, -0.1) is 0 Å². The Morgan fingerprint density at radius 1 is 1.62 bits per heavy atom. The minimum Gasteiger partial charge on any atom is -0.330 e. The second-order valence-electron chi connectivity index (χ2n) is 5.56. The second-order valence-corrected chi connectivity index (χ2v) is 5.56. The first-order valence-corrected chi connectivity index (χ1v) is 6.32. The molecule has 1 saturated carbocycles. The molecule has 2 N–H and O–H groups in total. The van der Waals surface area contributed by atoms with Crippen LogP contribution in [0.1, 0.15) is 38.3 Å². The highest BCUT2D eigenvalue weighted by Gasteiger charge is 2.34. The normalized spacial score (nSPS) is 30.6. The van der Waals surface area contributed by atoms with Gasteiger partial charge in [0.1, 0.15) is 0 Å². The van der Waals surface area contributed by atoms with Crippen molar-refractivity contribution in [3.8, 4) is 0 Å². The number of hydrogen-bond donors (Lipinski definition) is 1. The molecule has 3 nitrogen and oxygen atoms in total. The number of rotatable bonds is 3. The topological polar surface area (TPSA) is 43.8 Å². The molecular formula is C13H23N3. The fraction of sp³-hybridized carbons (Fsp3) is 0.769. The quantitative estimate of drug-likeness (QED) is 0.849. The van der Waals surface area contributed by atoms with E-state index in [4.69, 9.17) is 5.73 Å². The first-order valence-electron chi connectivity index (χ1n) is 6.32. The van der Waals surface area contributed by atoms with E-state index in [1.807, 2.05) is 17.9 Å². The molecule has 0 amide bonds. The molecule has 0 spiro atoms. The Balaban J connectivity index is 2.09. The zero-order valence-electron chi connectivity index (χ0n) is 10.4. The predicted octanol–water partition coefficient (Wildman–Crippen LogP) is 2.12. The summed E-state index contributed by atoms with van der Waals surface area (Å²) >= 11 is 0. The summed E-state index contributed by atoms with van der Waals surface area (Å²) in [6, 6.07) is 2.12. The zero-order chi connectivity index (χ0) is 11.6. The third kappa shape index (κ3) is 2.46. The highest BCUT2D eigenvalue weighted by molar-refractivity contribution is 5.04. The molecule has 1 heterocycles. The molecule has 1 aliphatic rings. The number of nitrogens with zero attached hydrogens (tertiary/aromatic N) is 2. The van der Waals surface area contributed by atoms with Gasteiger partial charge in [-0.3, -0.25) is 4.68 Å². The molecule has 0 saturated heterocycles. The fourth-order valence-corrected chi connectivity index (χ4v) is 3.13. The molecule has 0 aromatic carbocycles. The molecule has 3 heteroatoms. The fourth-order valence-electron chi connectivity index (χ4n) is 3.13. The van der Waals surface area contributed by atoms with Crippen LogP contribution in [0.25, 0.3) is 0 Å². The van der Waals surface area contributed by atoms with Gasteiger partial charge in [0.15, 0.2) is 0 Å². The van der Waals surface area contributed by atoms with E-state index >= 15 is 0 Å². The average Bonchev–Trinajstić information content (AvgIpc) is 2.64. The Bertz CT molecular complexity index is 345. The monoisotopic (exact) mass is 221 g/mol. The van der Waals surface area contributed by atoms with Crippen molar-refractivity contribution in [1.29, 1.82) is 0 Å². The molecule has 0 aliphatic heterocycles. The highest BCUT2D eigenvalue weighted by atomic mass is 15.2. The lowest BCUT2D eigenvalue weighted by Crippen LogP contribution is -2.37. The van der Waals surface area contributed by atoms with E-state index < -0.39 is 0 Å². The summed E-state index contributed by atoms with van der Waals surface area (Å²) in [5.74, 6) is 0.820. The first-order chi connectivity index (χ1) is 7.63. The summed E-state index contributed by atoms with van der Waals surface area (Å²) in [5.41, 5.74) is 7.53. The van der Waals surface area contributed by atoms with Gasteiger partial charge < -0.3 is 5.73 Å². The van der Waals surface area contributed by atoms with Gasteiger partial charge in [-0.2, -0.15) is 5.10 Å². The van der Waals surface area contributed by atoms with Crippen LogP contribution < -0.4 is 5.73 Å². The van der Waals surface area contributed by atoms with Crippen molar-refractivity contribution in [1.82, 2.24) is 9.78 Å². The summed E-state index contributed by atoms with van der Waals surface area (Å²) < 4.78 is 1.88. The van der Waals surface area contributed by atoms with E-state index in [2.05, 4.69) is 18.1 Å². The van der Waals surface area contributed by atoms with Crippen LogP contribution in [-0.2, 0) is 13.5 Å². The van der Waals surface area contributed by atoms with Crippen molar-refractivity contribution in [2.24, 2.45) is 24.1 Å². The summed E-state index contributed by atoms with van der Waals surface area (Å²) in [6.45, 7) is 3.15. The third-order valence-corrected chi connectivity index (χ3v) is 3.94. The molecule has 0 radical (unpaired) electrons. The molecule has 1 fully saturated rings. The van der Waals surface area contributed by atoms with Crippen molar-refractivity contribution < 1.29 is 0 Å². The predicted molar refractivity (Wildman–Crippen MR) is 66.0 cm³/mol. The van der Waals surface area contributed by atoms with Crippen LogP contribution in [0.3, 0.4) is 0 Å². The molecule has 16 heavy (non-hydrogen) atoms. The van der Waals surface area contributed by atoms with Crippen molar-refractivity contribution in [3.63, 3.8) is 0 Å². The van der Waals surface area contributed by atoms with E-state index in [-0.39, 0.29) is 0 Å². The number of aryl methyl sites for hydroxylation is 1. The lowest BCUT2D eigenvalue weighted by molar-refractivity contribution is 0.152. The van der Waals surface area contributed by atoms with Gasteiger partial charge in [0.05, 0.1) is 5.69 Å². The minimum absolute atomic E-state index is 0.312. The number of hydrogen-bond acceptors (Lipinski definition) is 2. The van der Waals surface area contributed by atoms with Crippen LogP contribution >= 0.6 is 0 Å². The largest absolute Gasteiger partial charge is 0.330 e. The second kappa shape index (κ2) is 4.58. The Morgan fingerprint density at radius 3 is 3.00 bits per heavy atom. The Labute approximate surface area is 98.0 Å². The zero-order valence-corrected chi connectivity index (χ0v) is 10.4. The highest BCUT2D eigenvalue weighted by Crippen LogP contribution is 2.40. The van der Waals surface area contributed by atoms with Gasteiger partial charge >= 0.3 is 0 Å². The maximum atomic E-state index is 6.02. The van der Waals surface area contributed by atoms with E-state index in [1.54, 1.807) is 0 Å². The Kier molecular flexibility index (Phi) is 3.33. The molecule has 2 rings (SSSR count). The van der Waals surface area contributed by atoms with Crippen molar-refractivity contribution >= 4 is 0 Å². The SMILES string of the molecule is CC1CCCC(CN)(Cc2ccn(C)n2)C1. The summed E-state index contributed by atoms with van der Waals surface area (Å²) in [5, 5.41) is 4.48. The van der Waals surface area contributed by atoms with Crippen LogP contribution in [0.15, 0.2) is 12.3 Å². The van der Waals surface area contributed by atoms with E-state index in [9.17, 15) is 0 Å². The third-order valence-electron chi connectivity index (χ3n) is 3.94. The molecule has 2 atom stereocenters. The maximum Gasteiger partial charge on any atom is 0.0630 e. The number of aromatic nitrogens is 2. The lowest BCUT2D eigenvalue weighted by Gasteiger charge is -2.39. The summed E-state index contributed by atoms with van der Waals surface area (Å²) in [7, 11) is 1.97. The van der Waals surface area contributed by atoms with E-state index in [0.717, 1.165) is 18.9 Å². The molecule has 1 aromatic heterocycles. The molecular weight excluding hydrogens is 198 g/mol. The van der Waals surface area contributed by atoms with Crippen LogP contribution in [0, 0.1) is 11.3 Å². The Hall–Kier alpha value is -0.830. The first kappa shape index (κ1) is 11.6. The van der Waals surface area contributed by atoms with Crippen LogP contribution in [0.5, 0.6) is 0 Å². The molecule has 1 aromatic rings. The smallest absolute Gasteiger partial charge is 0.0630 e. The van der Waals surface area contributed by atoms with Crippen molar-refractivity contribution in [2.45, 2.75) is 39.0 Å². The van der Waals surface area contributed by atoms with Gasteiger partial charge in [0.25, 0.3) is 0 Å². The standard InChI is InChI=1S/C13H23N3/c1-11-4-3-6-13(8-11,10-14)9-12-5-7-16(2)15-12/h5,7,11H,3-4,6,8-10,14H2,1-2H3. The summed E-state index contributed by atoms with van der Waals surface area (Å²) in [4.78, 5) is 0. The van der Waals surface area contributed by atoms with Crippen molar-refractivity contribution in [3.05, 3.63) is 18.0 Å². The van der Waals surface area contributed by atoms with Gasteiger partial charge in [-0.05, 0) is 43.2 Å². The maximum absolute atomic E-state index is 6.02. The van der Waals surface area contributed by atoms with Crippen molar-refractivity contribution in [2.75, 3.05) is 6.54 Å². The average molecular weight is 221 g/mol. The van der Waals surface area contributed by atoms with Crippen LogP contribution in [-0.4, -0.2) is 16.3 Å². The van der Waals surface area contributed by atoms with E-state index in [0.29, 0.717) is 5.41 Å². The molecule has 1 aliphatic carbocycles. The molecule has 0 bridgehead atoms. The lowest BCUT2D eigenvalue weighted by atomic mass is 9.68. The van der Waals surface area contributed by atoms with Crippen LogP contribution in [0.2, 0.25) is 0 Å². The number of nitrogens with two attached hydrogens (primary N) is 1. The van der Waals surface area contributed by atoms with Crippen LogP contribution in [0.4, 0.5) is 0 Å². The Morgan fingerprint density at radius 2 is 2.44 bits per heavy atom. The van der Waals surface area contributed by atoms with Gasteiger partial charge in [-0.1, -0.05) is 19.8 Å². The van der Waals surface area contributed by atoms with Gasteiger partial charge in [0.2, 0.25) is 0 Å². The molecule has 2 unspecified atom stereocenters. The van der Waals surface area contributed by atoms with E-state index in [1.165, 1.54) is 31.4 Å².